The number of sulfone groups is 1. The fourth-order valence-electron chi connectivity index (χ4n) is 2.32. The molecule has 1 aliphatic rings. The molecule has 1 aromatic carbocycles. The third-order valence-electron chi connectivity index (χ3n) is 3.68. The summed E-state index contributed by atoms with van der Waals surface area (Å²) in [6, 6.07) is 5.88. The molecule has 7 heteroatoms. The number of nitrogens with zero attached hydrogens (tertiary/aromatic N) is 1. The zero-order valence-electron chi connectivity index (χ0n) is 12.1. The number of aliphatic hydroxyl groups excluding tert-OH is 1. The predicted octanol–water partition coefficient (Wildman–Crippen LogP) is -0.0562. The first-order valence-corrected chi connectivity index (χ1v) is 8.64. The molecule has 6 nitrogen and oxygen atoms in total. The number of carbonyl (C=O) groups excluding carboxylic acids is 1. The van der Waals surface area contributed by atoms with Crippen LogP contribution in [0.2, 0.25) is 0 Å². The highest BCUT2D eigenvalue weighted by molar-refractivity contribution is 7.90. The van der Waals surface area contributed by atoms with Gasteiger partial charge in [-0.25, -0.2) is 8.42 Å². The van der Waals surface area contributed by atoms with Crippen LogP contribution in [0.1, 0.15) is 18.1 Å². The fraction of sp³-hybridized carbons (Fsp3) is 0.500. The van der Waals surface area contributed by atoms with Crippen molar-refractivity contribution in [3.63, 3.8) is 0 Å². The number of amides is 1. The monoisotopic (exact) mass is 312 g/mol. The lowest BCUT2D eigenvalue weighted by Crippen LogP contribution is -2.38. The van der Waals surface area contributed by atoms with E-state index in [1.165, 1.54) is 12.1 Å². The minimum absolute atomic E-state index is 0.0367. The molecule has 1 amide bonds. The van der Waals surface area contributed by atoms with Crippen LogP contribution in [0.15, 0.2) is 29.2 Å². The lowest BCUT2D eigenvalue weighted by atomic mass is 10.1. The van der Waals surface area contributed by atoms with E-state index in [9.17, 15) is 18.3 Å². The van der Waals surface area contributed by atoms with Gasteiger partial charge in [0.05, 0.1) is 17.0 Å². The number of hydrogen-bond acceptors (Lipinski definition) is 5. The van der Waals surface area contributed by atoms with Crippen LogP contribution in [0.5, 0.6) is 0 Å². The summed E-state index contributed by atoms with van der Waals surface area (Å²) < 4.78 is 22.7. The molecule has 1 fully saturated rings. The number of carbonyl (C=O) groups is 1. The zero-order valence-corrected chi connectivity index (χ0v) is 12.9. The molecule has 21 heavy (non-hydrogen) atoms. The highest BCUT2D eigenvalue weighted by atomic mass is 32.2. The van der Waals surface area contributed by atoms with Crippen LogP contribution in [-0.2, 0) is 14.6 Å². The summed E-state index contributed by atoms with van der Waals surface area (Å²) in [5.41, 5.74) is 0.619. The molecular formula is C14H20N2O4S. The second-order valence-corrected chi connectivity index (χ2v) is 7.38. The molecule has 0 aliphatic carbocycles. The van der Waals surface area contributed by atoms with Gasteiger partial charge in [-0.1, -0.05) is 12.1 Å². The summed E-state index contributed by atoms with van der Waals surface area (Å²) in [5, 5.41) is 13.1. The number of likely N-dealkylation sites (N-methyl/N-ethyl adjacent to an activating group) is 1. The molecular weight excluding hydrogens is 292 g/mol. The predicted molar refractivity (Wildman–Crippen MR) is 78.6 cm³/mol. The first kappa shape index (κ1) is 15.9. The number of benzene rings is 1. The van der Waals surface area contributed by atoms with Gasteiger partial charge in [-0.15, -0.1) is 0 Å². The molecule has 0 aromatic heterocycles. The summed E-state index contributed by atoms with van der Waals surface area (Å²) in [5.74, 6) is 0.0367. The van der Waals surface area contributed by atoms with Crippen molar-refractivity contribution in [2.24, 2.45) is 0 Å². The Morgan fingerprint density at radius 3 is 2.48 bits per heavy atom. The van der Waals surface area contributed by atoms with Crippen LogP contribution in [0.25, 0.3) is 0 Å². The van der Waals surface area contributed by atoms with E-state index in [4.69, 9.17) is 0 Å². The van der Waals surface area contributed by atoms with Crippen LogP contribution >= 0.6 is 0 Å². The SMILES string of the molecule is CN1CCC(NCC(O)c2ccc(S(C)(=O)=O)cc2)C1=O. The van der Waals surface area contributed by atoms with Crippen molar-refractivity contribution in [3.05, 3.63) is 29.8 Å². The van der Waals surface area contributed by atoms with Gasteiger partial charge in [0.1, 0.15) is 0 Å². The quantitative estimate of drug-likeness (QED) is 0.796. The van der Waals surface area contributed by atoms with E-state index in [1.54, 1.807) is 24.1 Å². The van der Waals surface area contributed by atoms with Gasteiger partial charge < -0.3 is 15.3 Å². The summed E-state index contributed by atoms with van der Waals surface area (Å²) in [4.78, 5) is 13.6. The van der Waals surface area contributed by atoms with Gasteiger partial charge in [-0.2, -0.15) is 0 Å². The van der Waals surface area contributed by atoms with Crippen LogP contribution < -0.4 is 5.32 Å². The van der Waals surface area contributed by atoms with Gasteiger partial charge in [-0.3, -0.25) is 4.79 Å². The van der Waals surface area contributed by atoms with Crippen molar-refractivity contribution in [2.75, 3.05) is 26.4 Å². The Morgan fingerprint density at radius 1 is 1.38 bits per heavy atom. The molecule has 2 rings (SSSR count). The van der Waals surface area contributed by atoms with Gasteiger partial charge in [0, 0.05) is 26.4 Å². The smallest absolute Gasteiger partial charge is 0.239 e. The Bertz CT molecular complexity index is 612. The average molecular weight is 312 g/mol. The number of hydrogen-bond donors (Lipinski definition) is 2. The summed E-state index contributed by atoms with van der Waals surface area (Å²) in [6.07, 6.45) is 1.09. The van der Waals surface area contributed by atoms with Crippen molar-refractivity contribution < 1.29 is 18.3 Å². The summed E-state index contributed by atoms with van der Waals surface area (Å²) in [7, 11) is -1.48. The largest absolute Gasteiger partial charge is 0.387 e. The van der Waals surface area contributed by atoms with E-state index < -0.39 is 15.9 Å². The Balaban J connectivity index is 1.95. The molecule has 0 radical (unpaired) electrons. The second kappa shape index (κ2) is 6.13. The van der Waals surface area contributed by atoms with Crippen molar-refractivity contribution in [1.29, 1.82) is 0 Å². The zero-order chi connectivity index (χ0) is 15.6. The maximum absolute atomic E-state index is 11.7. The topological polar surface area (TPSA) is 86.7 Å². The maximum atomic E-state index is 11.7. The summed E-state index contributed by atoms with van der Waals surface area (Å²) in [6.45, 7) is 0.970. The Kier molecular flexibility index (Phi) is 4.65. The van der Waals surface area contributed by atoms with Crippen LogP contribution in [0, 0.1) is 0 Å². The molecule has 0 spiro atoms. The minimum atomic E-state index is -3.23. The molecule has 2 unspecified atom stereocenters. The van der Waals surface area contributed by atoms with Crippen molar-refractivity contribution in [3.8, 4) is 0 Å². The molecule has 2 atom stereocenters. The average Bonchev–Trinajstić information content (AvgIpc) is 2.75. The van der Waals surface area contributed by atoms with Gasteiger partial charge in [0.15, 0.2) is 9.84 Å². The molecule has 1 aromatic rings. The Labute approximate surface area is 124 Å². The van der Waals surface area contributed by atoms with Gasteiger partial charge in [-0.05, 0) is 24.1 Å². The van der Waals surface area contributed by atoms with E-state index in [0.29, 0.717) is 5.56 Å². The lowest BCUT2D eigenvalue weighted by molar-refractivity contribution is -0.128. The minimum Gasteiger partial charge on any atom is -0.387 e. The van der Waals surface area contributed by atoms with Gasteiger partial charge in [0.2, 0.25) is 5.91 Å². The van der Waals surface area contributed by atoms with Gasteiger partial charge >= 0.3 is 0 Å². The number of nitrogens with one attached hydrogen (secondary N) is 1. The molecule has 116 valence electrons. The van der Waals surface area contributed by atoms with E-state index in [0.717, 1.165) is 19.2 Å². The third-order valence-corrected chi connectivity index (χ3v) is 4.81. The second-order valence-electron chi connectivity index (χ2n) is 5.37. The van der Waals surface area contributed by atoms with Crippen molar-refractivity contribution in [2.45, 2.75) is 23.5 Å². The van der Waals surface area contributed by atoms with E-state index in [1.807, 2.05) is 0 Å². The maximum Gasteiger partial charge on any atom is 0.239 e. The van der Waals surface area contributed by atoms with Crippen LogP contribution in [0.4, 0.5) is 0 Å². The molecule has 1 aliphatic heterocycles. The molecule has 0 bridgehead atoms. The number of aliphatic hydroxyl groups is 1. The van der Waals surface area contributed by atoms with Crippen LogP contribution in [-0.4, -0.2) is 56.8 Å². The van der Waals surface area contributed by atoms with Crippen molar-refractivity contribution >= 4 is 15.7 Å². The van der Waals surface area contributed by atoms with Gasteiger partial charge in [0.25, 0.3) is 0 Å². The Hall–Kier alpha value is -1.44. The standard InChI is InChI=1S/C14H20N2O4S/c1-16-8-7-12(14(16)18)15-9-13(17)10-3-5-11(6-4-10)21(2,19)20/h3-6,12-13,15,17H,7-9H2,1-2H3. The van der Waals surface area contributed by atoms with E-state index >= 15 is 0 Å². The fourth-order valence-corrected chi connectivity index (χ4v) is 2.95. The molecule has 0 saturated carbocycles. The van der Waals surface area contributed by atoms with Crippen molar-refractivity contribution in [1.82, 2.24) is 10.2 Å². The lowest BCUT2D eigenvalue weighted by Gasteiger charge is -2.16. The highest BCUT2D eigenvalue weighted by Crippen LogP contribution is 2.17. The third kappa shape index (κ3) is 3.81. The Morgan fingerprint density at radius 2 is 2.00 bits per heavy atom. The summed E-state index contributed by atoms with van der Waals surface area (Å²) >= 11 is 0. The molecule has 1 saturated heterocycles. The van der Waals surface area contributed by atoms with E-state index in [2.05, 4.69) is 5.32 Å². The first-order chi connectivity index (χ1) is 9.79. The normalized spacial score (nSPS) is 20.8. The number of likely N-dealkylation sites (tertiary alicyclic amines) is 1. The molecule has 2 N–H and O–H groups in total. The first-order valence-electron chi connectivity index (χ1n) is 6.75. The van der Waals surface area contributed by atoms with E-state index in [-0.39, 0.29) is 23.4 Å². The molecule has 1 heterocycles. The number of rotatable bonds is 5. The highest BCUT2D eigenvalue weighted by Gasteiger charge is 2.28. The van der Waals surface area contributed by atoms with Crippen LogP contribution in [0.3, 0.4) is 0 Å².